The lowest BCUT2D eigenvalue weighted by atomic mass is 10.1. The van der Waals surface area contributed by atoms with Crippen molar-refractivity contribution >= 4 is 23.0 Å². The fourth-order valence-electron chi connectivity index (χ4n) is 4.25. The van der Waals surface area contributed by atoms with Gasteiger partial charge < -0.3 is 9.30 Å². The molecule has 0 radical (unpaired) electrons. The third-order valence-corrected chi connectivity index (χ3v) is 5.85. The SMILES string of the molecule is CCCN(C(=O)OC(C)(C)C)[C@@H](CCc1nc2ccccc2n1CCC)C(=O)NOCc1ccccc1. The molecule has 200 valence electrons. The number of rotatable bonds is 12. The summed E-state index contributed by atoms with van der Waals surface area (Å²) in [5, 5.41) is 0. The maximum absolute atomic E-state index is 13.4. The van der Waals surface area contributed by atoms with E-state index in [0.717, 1.165) is 35.4 Å². The van der Waals surface area contributed by atoms with Crippen LogP contribution in [0.2, 0.25) is 0 Å². The van der Waals surface area contributed by atoms with Gasteiger partial charge in [0.2, 0.25) is 0 Å². The lowest BCUT2D eigenvalue weighted by molar-refractivity contribution is -0.140. The zero-order valence-electron chi connectivity index (χ0n) is 22.7. The van der Waals surface area contributed by atoms with E-state index in [-0.39, 0.29) is 12.5 Å². The number of nitrogens with zero attached hydrogens (tertiary/aromatic N) is 3. The van der Waals surface area contributed by atoms with Crippen molar-refractivity contribution in [3.8, 4) is 0 Å². The molecule has 0 fully saturated rings. The number of ether oxygens (including phenoxy) is 1. The van der Waals surface area contributed by atoms with Crippen LogP contribution in [0.25, 0.3) is 11.0 Å². The molecule has 1 atom stereocenters. The first-order valence-corrected chi connectivity index (χ1v) is 13.1. The minimum absolute atomic E-state index is 0.228. The van der Waals surface area contributed by atoms with Crippen LogP contribution in [0.3, 0.4) is 0 Å². The molecule has 8 nitrogen and oxygen atoms in total. The minimum atomic E-state index is -0.777. The quantitative estimate of drug-likeness (QED) is 0.320. The molecular weight excluding hydrogens is 468 g/mol. The van der Waals surface area contributed by atoms with Crippen LogP contribution in [0.4, 0.5) is 4.79 Å². The van der Waals surface area contributed by atoms with Crippen molar-refractivity contribution in [1.29, 1.82) is 0 Å². The van der Waals surface area contributed by atoms with Gasteiger partial charge in [-0.05, 0) is 57.7 Å². The topological polar surface area (TPSA) is 85.7 Å². The molecule has 2 aromatic carbocycles. The Hall–Kier alpha value is -3.39. The summed E-state index contributed by atoms with van der Waals surface area (Å²) in [6.45, 7) is 11.0. The smallest absolute Gasteiger partial charge is 0.410 e. The van der Waals surface area contributed by atoms with Crippen molar-refractivity contribution in [2.24, 2.45) is 0 Å². The predicted molar refractivity (Wildman–Crippen MR) is 145 cm³/mol. The van der Waals surface area contributed by atoms with Crippen LogP contribution in [0.1, 0.15) is 65.3 Å². The first-order valence-electron chi connectivity index (χ1n) is 13.1. The molecule has 0 aliphatic heterocycles. The number of carbonyl (C=O) groups is 2. The van der Waals surface area contributed by atoms with Crippen molar-refractivity contribution in [3.63, 3.8) is 0 Å². The van der Waals surface area contributed by atoms with E-state index in [4.69, 9.17) is 14.6 Å². The number of hydrogen-bond donors (Lipinski definition) is 1. The molecule has 0 saturated heterocycles. The number of aromatic nitrogens is 2. The maximum Gasteiger partial charge on any atom is 0.410 e. The normalized spacial score (nSPS) is 12.4. The number of imidazole rings is 1. The molecule has 0 saturated carbocycles. The Kier molecular flexibility index (Phi) is 10.1. The lowest BCUT2D eigenvalue weighted by Crippen LogP contribution is -2.51. The average molecular weight is 509 g/mol. The zero-order valence-corrected chi connectivity index (χ0v) is 22.7. The Labute approximate surface area is 219 Å². The molecule has 3 rings (SSSR count). The maximum atomic E-state index is 13.4. The van der Waals surface area contributed by atoms with Crippen LogP contribution in [-0.2, 0) is 33.9 Å². The second-order valence-corrected chi connectivity index (χ2v) is 10.1. The standard InChI is InChI=1S/C29H40N4O4/c1-6-19-32-24-16-12-11-15-23(24)30-26(32)18-17-25(33(20-7-2)28(35)37-29(3,4)5)27(34)31-36-21-22-13-9-8-10-14-22/h8-16,25H,6-7,17-21H2,1-5H3,(H,31,34)/t25-/m0/s1. The van der Waals surface area contributed by atoms with Gasteiger partial charge in [0, 0.05) is 19.5 Å². The van der Waals surface area contributed by atoms with Crippen LogP contribution in [0.5, 0.6) is 0 Å². The first kappa shape index (κ1) is 28.2. The van der Waals surface area contributed by atoms with E-state index in [9.17, 15) is 9.59 Å². The van der Waals surface area contributed by atoms with Gasteiger partial charge in [-0.25, -0.2) is 15.3 Å². The van der Waals surface area contributed by atoms with Gasteiger partial charge in [-0.3, -0.25) is 14.5 Å². The molecular formula is C29H40N4O4. The van der Waals surface area contributed by atoms with E-state index in [1.165, 1.54) is 4.90 Å². The van der Waals surface area contributed by atoms with Gasteiger partial charge >= 0.3 is 6.09 Å². The van der Waals surface area contributed by atoms with Crippen LogP contribution < -0.4 is 5.48 Å². The summed E-state index contributed by atoms with van der Waals surface area (Å²) in [4.78, 5) is 38.5. The highest BCUT2D eigenvalue weighted by Crippen LogP contribution is 2.21. The summed E-state index contributed by atoms with van der Waals surface area (Å²) in [6, 6.07) is 16.9. The van der Waals surface area contributed by atoms with Crippen LogP contribution in [-0.4, -0.2) is 44.6 Å². The lowest BCUT2D eigenvalue weighted by Gasteiger charge is -2.32. The Balaban J connectivity index is 1.82. The van der Waals surface area contributed by atoms with Gasteiger partial charge in [0.25, 0.3) is 5.91 Å². The molecule has 0 spiro atoms. The number of para-hydroxylation sites is 2. The second-order valence-electron chi connectivity index (χ2n) is 10.1. The third-order valence-electron chi connectivity index (χ3n) is 5.85. The van der Waals surface area contributed by atoms with Crippen LogP contribution in [0, 0.1) is 0 Å². The summed E-state index contributed by atoms with van der Waals surface area (Å²) in [7, 11) is 0. The Bertz CT molecular complexity index is 1150. The highest BCUT2D eigenvalue weighted by Gasteiger charge is 2.33. The van der Waals surface area contributed by atoms with Crippen molar-refractivity contribution < 1.29 is 19.2 Å². The molecule has 0 aliphatic rings. The van der Waals surface area contributed by atoms with Crippen molar-refractivity contribution in [3.05, 3.63) is 66.0 Å². The highest BCUT2D eigenvalue weighted by molar-refractivity contribution is 5.85. The number of fused-ring (bicyclic) bond motifs is 1. The number of amides is 2. The minimum Gasteiger partial charge on any atom is -0.444 e. The van der Waals surface area contributed by atoms with Crippen molar-refractivity contribution in [2.45, 2.75) is 85.1 Å². The molecule has 8 heteroatoms. The van der Waals surface area contributed by atoms with E-state index < -0.39 is 17.7 Å². The molecule has 3 aromatic rings. The van der Waals surface area contributed by atoms with E-state index in [0.29, 0.717) is 25.8 Å². The number of hydroxylamine groups is 1. The highest BCUT2D eigenvalue weighted by atomic mass is 16.7. The molecule has 1 aromatic heterocycles. The number of nitrogens with one attached hydrogen (secondary N) is 1. The van der Waals surface area contributed by atoms with E-state index in [2.05, 4.69) is 23.0 Å². The second kappa shape index (κ2) is 13.2. The van der Waals surface area contributed by atoms with E-state index in [1.54, 1.807) is 0 Å². The van der Waals surface area contributed by atoms with Gasteiger partial charge in [0.1, 0.15) is 17.5 Å². The number of hydrogen-bond acceptors (Lipinski definition) is 5. The third kappa shape index (κ3) is 8.05. The number of benzene rings is 2. The van der Waals surface area contributed by atoms with Crippen molar-refractivity contribution in [2.75, 3.05) is 6.54 Å². The van der Waals surface area contributed by atoms with Gasteiger partial charge in [0.15, 0.2) is 0 Å². The zero-order chi connectivity index (χ0) is 26.8. The monoisotopic (exact) mass is 508 g/mol. The molecule has 0 bridgehead atoms. The number of aryl methyl sites for hydroxylation is 2. The van der Waals surface area contributed by atoms with E-state index in [1.807, 2.05) is 76.2 Å². The van der Waals surface area contributed by atoms with Crippen LogP contribution >= 0.6 is 0 Å². The fraction of sp³-hybridized carbons (Fsp3) is 0.483. The summed E-state index contributed by atoms with van der Waals surface area (Å²) in [5.74, 6) is 0.514. The van der Waals surface area contributed by atoms with Gasteiger partial charge in [-0.2, -0.15) is 0 Å². The van der Waals surface area contributed by atoms with Gasteiger partial charge in [-0.15, -0.1) is 0 Å². The summed E-state index contributed by atoms with van der Waals surface area (Å²) in [5.41, 5.74) is 4.83. The van der Waals surface area contributed by atoms with Crippen LogP contribution in [0.15, 0.2) is 54.6 Å². The molecule has 2 amide bonds. The molecule has 37 heavy (non-hydrogen) atoms. The van der Waals surface area contributed by atoms with Gasteiger partial charge in [0.05, 0.1) is 17.6 Å². The summed E-state index contributed by atoms with van der Waals surface area (Å²) in [6.07, 6.45) is 2.04. The Morgan fingerprint density at radius 1 is 1.03 bits per heavy atom. The number of carbonyl (C=O) groups excluding carboxylic acids is 2. The summed E-state index contributed by atoms with van der Waals surface area (Å²) < 4.78 is 7.87. The van der Waals surface area contributed by atoms with Gasteiger partial charge in [-0.1, -0.05) is 56.3 Å². The Morgan fingerprint density at radius 2 is 1.73 bits per heavy atom. The molecule has 1 heterocycles. The predicted octanol–water partition coefficient (Wildman–Crippen LogP) is 5.64. The van der Waals surface area contributed by atoms with Crippen molar-refractivity contribution in [1.82, 2.24) is 19.9 Å². The molecule has 0 aliphatic carbocycles. The fourth-order valence-corrected chi connectivity index (χ4v) is 4.25. The average Bonchev–Trinajstić information content (AvgIpc) is 3.20. The summed E-state index contributed by atoms with van der Waals surface area (Å²) >= 11 is 0. The molecule has 0 unspecified atom stereocenters. The Morgan fingerprint density at radius 3 is 2.41 bits per heavy atom. The largest absolute Gasteiger partial charge is 0.444 e. The van der Waals surface area contributed by atoms with E-state index >= 15 is 0 Å². The molecule has 1 N–H and O–H groups in total. The first-order chi connectivity index (χ1) is 17.7.